The summed E-state index contributed by atoms with van der Waals surface area (Å²) in [6, 6.07) is 10.8. The Bertz CT molecular complexity index is 1180. The molecule has 1 N–H and O–H groups in total. The summed E-state index contributed by atoms with van der Waals surface area (Å²) < 4.78 is 35.5. The van der Waals surface area contributed by atoms with Gasteiger partial charge in [0.1, 0.15) is 10.7 Å². The zero-order valence-electron chi connectivity index (χ0n) is 17.8. The van der Waals surface area contributed by atoms with Crippen LogP contribution in [0.5, 0.6) is 0 Å². The Hall–Kier alpha value is -2.91. The van der Waals surface area contributed by atoms with Gasteiger partial charge in [0.05, 0.1) is 24.2 Å². The number of carbonyl (C=O) groups is 1. The Morgan fingerprint density at radius 3 is 2.45 bits per heavy atom. The maximum atomic E-state index is 13.6. The highest BCUT2D eigenvalue weighted by Crippen LogP contribution is 2.26. The van der Waals surface area contributed by atoms with Gasteiger partial charge in [-0.3, -0.25) is 9.48 Å². The lowest BCUT2D eigenvalue weighted by Crippen LogP contribution is -2.31. The van der Waals surface area contributed by atoms with E-state index in [4.69, 9.17) is 4.42 Å². The summed E-state index contributed by atoms with van der Waals surface area (Å²) in [4.78, 5) is 12.4. The third-order valence-corrected chi connectivity index (χ3v) is 7.49. The van der Waals surface area contributed by atoms with Crippen LogP contribution in [0.25, 0.3) is 0 Å². The number of furan rings is 1. The molecule has 0 unspecified atom stereocenters. The van der Waals surface area contributed by atoms with Crippen LogP contribution in [-0.4, -0.2) is 34.5 Å². The van der Waals surface area contributed by atoms with E-state index in [1.165, 1.54) is 10.6 Å². The average molecular weight is 443 g/mol. The number of hydrogen-bond acceptors (Lipinski definition) is 5. The van der Waals surface area contributed by atoms with Crippen LogP contribution in [0, 0.1) is 13.8 Å². The maximum Gasteiger partial charge on any atom is 0.251 e. The van der Waals surface area contributed by atoms with Crippen molar-refractivity contribution in [1.82, 2.24) is 19.4 Å². The van der Waals surface area contributed by atoms with Crippen LogP contribution in [-0.2, 0) is 30.2 Å². The third-order valence-electron chi connectivity index (χ3n) is 5.44. The van der Waals surface area contributed by atoms with Crippen molar-refractivity contribution < 1.29 is 17.6 Å². The minimum atomic E-state index is -3.84. The molecule has 1 aromatic carbocycles. The topological polar surface area (TPSA) is 97.4 Å². The van der Waals surface area contributed by atoms with Gasteiger partial charge in [0.2, 0.25) is 10.0 Å². The Balaban J connectivity index is 1.61. The van der Waals surface area contributed by atoms with Crippen LogP contribution < -0.4 is 5.32 Å². The second kappa shape index (κ2) is 8.32. The molecule has 8 nitrogen and oxygen atoms in total. The van der Waals surface area contributed by atoms with E-state index >= 15 is 0 Å². The molecule has 1 aliphatic rings. The number of aromatic nitrogens is 2. The molecule has 31 heavy (non-hydrogen) atoms. The molecule has 164 valence electrons. The molecule has 2 heterocycles. The van der Waals surface area contributed by atoms with Crippen molar-refractivity contribution in [3.8, 4) is 0 Å². The summed E-state index contributed by atoms with van der Waals surface area (Å²) in [6.07, 6.45) is 3.57. The number of nitrogens with zero attached hydrogens (tertiary/aromatic N) is 3. The van der Waals surface area contributed by atoms with E-state index in [0.29, 0.717) is 22.7 Å². The van der Waals surface area contributed by atoms with Gasteiger partial charge in [-0.2, -0.15) is 9.40 Å². The summed E-state index contributed by atoms with van der Waals surface area (Å²) in [5.74, 6) is 0.443. The summed E-state index contributed by atoms with van der Waals surface area (Å²) in [5.41, 5.74) is 2.37. The summed E-state index contributed by atoms with van der Waals surface area (Å²) in [7, 11) is -2.11. The van der Waals surface area contributed by atoms with Crippen molar-refractivity contribution in [3.05, 3.63) is 70.9 Å². The molecular formula is C22H26N4O4S. The molecule has 9 heteroatoms. The van der Waals surface area contributed by atoms with E-state index in [1.54, 1.807) is 62.0 Å². The lowest BCUT2D eigenvalue weighted by Gasteiger charge is -2.22. The minimum Gasteiger partial charge on any atom is -0.468 e. The van der Waals surface area contributed by atoms with Crippen molar-refractivity contribution >= 4 is 15.9 Å². The molecule has 0 spiro atoms. The first-order valence-corrected chi connectivity index (χ1v) is 11.6. The number of benzene rings is 1. The molecule has 0 bridgehead atoms. The normalized spacial score (nSPS) is 14.2. The number of amides is 1. The molecule has 2 aromatic heterocycles. The highest BCUT2D eigenvalue weighted by Gasteiger charge is 2.31. The van der Waals surface area contributed by atoms with Gasteiger partial charge in [-0.15, -0.1) is 0 Å². The van der Waals surface area contributed by atoms with E-state index in [0.717, 1.165) is 18.4 Å². The molecule has 1 aliphatic carbocycles. The lowest BCUT2D eigenvalue weighted by atomic mass is 10.1. The summed E-state index contributed by atoms with van der Waals surface area (Å²) in [5, 5.41) is 7.22. The molecule has 4 rings (SSSR count). The fourth-order valence-electron chi connectivity index (χ4n) is 3.52. The quantitative estimate of drug-likeness (QED) is 0.579. The standard InChI is InChI=1S/C22H26N4O4S/c1-15-21(16(2)25(3)24-15)31(28,29)26(14-20-5-4-12-30-20)13-17-6-8-18(9-7-17)22(27)23-19-10-11-19/h4-9,12,19H,10-11,13-14H2,1-3H3,(H,23,27). The maximum absolute atomic E-state index is 13.6. The molecule has 1 amide bonds. The van der Waals surface area contributed by atoms with Crippen molar-refractivity contribution in [2.75, 3.05) is 0 Å². The van der Waals surface area contributed by atoms with Gasteiger partial charge in [-0.05, 0) is 56.5 Å². The highest BCUT2D eigenvalue weighted by atomic mass is 32.2. The number of aryl methyl sites for hydroxylation is 2. The zero-order chi connectivity index (χ0) is 22.2. The smallest absolute Gasteiger partial charge is 0.251 e. The van der Waals surface area contributed by atoms with Crippen molar-refractivity contribution in [3.63, 3.8) is 0 Å². The number of nitrogens with one attached hydrogen (secondary N) is 1. The van der Waals surface area contributed by atoms with E-state index in [9.17, 15) is 13.2 Å². The van der Waals surface area contributed by atoms with Crippen LogP contribution in [0.4, 0.5) is 0 Å². The summed E-state index contributed by atoms with van der Waals surface area (Å²) >= 11 is 0. The molecule has 0 atom stereocenters. The Kier molecular flexibility index (Phi) is 5.72. The second-order valence-electron chi connectivity index (χ2n) is 7.92. The van der Waals surface area contributed by atoms with Crippen LogP contribution in [0.1, 0.15) is 45.9 Å². The zero-order valence-corrected chi connectivity index (χ0v) is 18.6. The Labute approximate surface area is 181 Å². The van der Waals surface area contributed by atoms with E-state index in [2.05, 4.69) is 10.4 Å². The van der Waals surface area contributed by atoms with E-state index < -0.39 is 10.0 Å². The average Bonchev–Trinajstić information content (AvgIpc) is 3.30. The summed E-state index contributed by atoms with van der Waals surface area (Å²) in [6.45, 7) is 3.66. The Morgan fingerprint density at radius 1 is 1.19 bits per heavy atom. The highest BCUT2D eigenvalue weighted by molar-refractivity contribution is 7.89. The fraction of sp³-hybridized carbons (Fsp3) is 0.364. The van der Waals surface area contributed by atoms with Gasteiger partial charge < -0.3 is 9.73 Å². The van der Waals surface area contributed by atoms with Crippen LogP contribution >= 0.6 is 0 Å². The van der Waals surface area contributed by atoms with Gasteiger partial charge in [-0.25, -0.2) is 8.42 Å². The molecular weight excluding hydrogens is 416 g/mol. The molecule has 0 saturated heterocycles. The fourth-order valence-corrected chi connectivity index (χ4v) is 5.31. The van der Waals surface area contributed by atoms with Crippen molar-refractivity contribution in [2.45, 2.75) is 50.7 Å². The number of sulfonamides is 1. The van der Waals surface area contributed by atoms with Crippen molar-refractivity contribution in [2.24, 2.45) is 7.05 Å². The molecule has 3 aromatic rings. The van der Waals surface area contributed by atoms with Crippen LogP contribution in [0.3, 0.4) is 0 Å². The number of hydrogen-bond donors (Lipinski definition) is 1. The van der Waals surface area contributed by atoms with E-state index in [1.807, 2.05) is 0 Å². The van der Waals surface area contributed by atoms with Crippen molar-refractivity contribution in [1.29, 1.82) is 0 Å². The van der Waals surface area contributed by atoms with Gasteiger partial charge in [0.25, 0.3) is 5.91 Å². The number of rotatable bonds is 8. The monoisotopic (exact) mass is 442 g/mol. The first-order chi connectivity index (χ1) is 14.8. The van der Waals surface area contributed by atoms with Gasteiger partial charge in [-0.1, -0.05) is 12.1 Å². The SMILES string of the molecule is Cc1nn(C)c(C)c1S(=O)(=O)N(Cc1ccc(C(=O)NC2CC2)cc1)Cc1ccco1. The largest absolute Gasteiger partial charge is 0.468 e. The Morgan fingerprint density at radius 2 is 1.90 bits per heavy atom. The molecule has 0 radical (unpaired) electrons. The third kappa shape index (κ3) is 4.57. The minimum absolute atomic E-state index is 0.0903. The van der Waals surface area contributed by atoms with Gasteiger partial charge in [0.15, 0.2) is 0 Å². The predicted molar refractivity (Wildman–Crippen MR) is 115 cm³/mol. The lowest BCUT2D eigenvalue weighted by molar-refractivity contribution is 0.0951. The molecule has 1 saturated carbocycles. The number of carbonyl (C=O) groups excluding carboxylic acids is 1. The molecule has 1 fully saturated rings. The second-order valence-corrected chi connectivity index (χ2v) is 9.80. The van der Waals surface area contributed by atoms with Crippen LogP contribution in [0.15, 0.2) is 52.0 Å². The van der Waals surface area contributed by atoms with E-state index in [-0.39, 0.29) is 29.9 Å². The predicted octanol–water partition coefficient (Wildman–Crippen LogP) is 2.91. The van der Waals surface area contributed by atoms with Crippen LogP contribution in [0.2, 0.25) is 0 Å². The van der Waals surface area contributed by atoms with Gasteiger partial charge >= 0.3 is 0 Å². The van der Waals surface area contributed by atoms with Gasteiger partial charge in [0, 0.05) is 25.2 Å². The first kappa shape index (κ1) is 21.3. The first-order valence-electron chi connectivity index (χ1n) is 10.2. The molecule has 0 aliphatic heterocycles.